The highest BCUT2D eigenvalue weighted by Gasteiger charge is 2.17. The molecule has 6 nitrogen and oxygen atoms in total. The Morgan fingerprint density at radius 2 is 2.16 bits per heavy atom. The van der Waals surface area contributed by atoms with E-state index in [9.17, 15) is 19.5 Å². The molecule has 0 spiro atoms. The topological polar surface area (TPSA) is 111 Å². The lowest BCUT2D eigenvalue weighted by molar-refractivity contribution is -0.117. The zero-order valence-electron chi connectivity index (χ0n) is 10.1. The van der Waals surface area contributed by atoms with Gasteiger partial charge in [-0.05, 0) is 19.1 Å². The first-order valence-corrected chi connectivity index (χ1v) is 5.47. The number of carbonyl (C=O) groups excluding carboxylic acids is 2. The first kappa shape index (κ1) is 12.8. The average Bonchev–Trinajstić information content (AvgIpc) is 2.34. The summed E-state index contributed by atoms with van der Waals surface area (Å²) < 4.78 is 5.38. The Morgan fingerprint density at radius 1 is 1.47 bits per heavy atom. The predicted molar refractivity (Wildman–Crippen MR) is 67.2 cm³/mol. The van der Waals surface area contributed by atoms with Crippen LogP contribution in [-0.2, 0) is 11.2 Å². The minimum atomic E-state index is -0.649. The number of aldehydes is 1. The molecule has 0 aliphatic rings. The summed E-state index contributed by atoms with van der Waals surface area (Å²) in [6.07, 6.45) is 0.176. The molecule has 0 atom stereocenters. The lowest BCUT2D eigenvalue weighted by Crippen LogP contribution is -2.21. The molecule has 6 heteroatoms. The van der Waals surface area contributed by atoms with Gasteiger partial charge in [0, 0.05) is 5.56 Å². The fourth-order valence-electron chi connectivity index (χ4n) is 1.91. The fraction of sp³-hybridized carbons (Fsp3) is 0.154. The molecule has 98 valence electrons. The van der Waals surface area contributed by atoms with Gasteiger partial charge in [0.25, 0.3) is 0 Å². The van der Waals surface area contributed by atoms with Gasteiger partial charge in [0.05, 0.1) is 17.4 Å². The molecule has 0 saturated heterocycles. The molecule has 0 fully saturated rings. The van der Waals surface area contributed by atoms with Gasteiger partial charge in [-0.2, -0.15) is 0 Å². The summed E-state index contributed by atoms with van der Waals surface area (Å²) in [6.45, 7) is 1.50. The molecule has 1 heterocycles. The van der Waals surface area contributed by atoms with Crippen molar-refractivity contribution < 1.29 is 19.1 Å². The minimum Gasteiger partial charge on any atom is -0.507 e. The van der Waals surface area contributed by atoms with Crippen LogP contribution in [0.5, 0.6) is 5.75 Å². The van der Waals surface area contributed by atoms with E-state index in [1.807, 2.05) is 0 Å². The van der Waals surface area contributed by atoms with E-state index >= 15 is 0 Å². The molecule has 2 aromatic rings. The third-order valence-electron chi connectivity index (χ3n) is 2.84. The van der Waals surface area contributed by atoms with Gasteiger partial charge in [-0.25, -0.2) is 0 Å². The van der Waals surface area contributed by atoms with E-state index in [0.717, 1.165) is 0 Å². The van der Waals surface area contributed by atoms with Crippen molar-refractivity contribution in [1.29, 1.82) is 0 Å². The van der Waals surface area contributed by atoms with Crippen LogP contribution < -0.4 is 11.2 Å². The van der Waals surface area contributed by atoms with E-state index in [4.69, 9.17) is 10.2 Å². The van der Waals surface area contributed by atoms with Crippen LogP contribution in [0, 0.1) is 6.92 Å². The number of benzene rings is 1. The highest BCUT2D eigenvalue weighted by molar-refractivity contribution is 5.97. The standard InChI is InChI=1S/C13H11NO5/c1-6-8(4-11(14)17)12(18)7-2-3-10(16)9(5-15)13(7)19-6/h2-3,5,16H,4H2,1H3,(H2,14,17). The lowest BCUT2D eigenvalue weighted by Gasteiger charge is -2.07. The number of primary amides is 1. The zero-order chi connectivity index (χ0) is 14.2. The van der Waals surface area contributed by atoms with Crippen molar-refractivity contribution in [2.75, 3.05) is 0 Å². The first-order valence-electron chi connectivity index (χ1n) is 5.47. The predicted octanol–water partition coefficient (Wildman–Crippen LogP) is 0.647. The summed E-state index contributed by atoms with van der Waals surface area (Å²) in [4.78, 5) is 34.1. The second kappa shape index (κ2) is 4.56. The summed E-state index contributed by atoms with van der Waals surface area (Å²) in [7, 11) is 0. The Morgan fingerprint density at radius 3 is 2.74 bits per heavy atom. The van der Waals surface area contributed by atoms with Crippen LogP contribution in [0.2, 0.25) is 0 Å². The third-order valence-corrected chi connectivity index (χ3v) is 2.84. The summed E-state index contributed by atoms with van der Waals surface area (Å²) in [5, 5.41) is 9.66. The maximum absolute atomic E-state index is 12.2. The summed E-state index contributed by atoms with van der Waals surface area (Å²) >= 11 is 0. The number of phenols is 1. The monoisotopic (exact) mass is 261 g/mol. The normalized spacial score (nSPS) is 10.6. The van der Waals surface area contributed by atoms with Crippen molar-refractivity contribution in [2.24, 2.45) is 5.73 Å². The van der Waals surface area contributed by atoms with Crippen LogP contribution in [0.3, 0.4) is 0 Å². The summed E-state index contributed by atoms with van der Waals surface area (Å²) in [5.41, 5.74) is 4.71. The molecule has 2 rings (SSSR count). The Balaban J connectivity index is 2.87. The molecule has 1 amide bonds. The number of nitrogens with two attached hydrogens (primary N) is 1. The van der Waals surface area contributed by atoms with Gasteiger partial charge in [0.15, 0.2) is 17.3 Å². The quantitative estimate of drug-likeness (QED) is 0.788. The molecule has 1 aromatic heterocycles. The average molecular weight is 261 g/mol. The molecular formula is C13H11NO5. The number of aromatic hydroxyl groups is 1. The largest absolute Gasteiger partial charge is 0.507 e. The van der Waals surface area contributed by atoms with E-state index in [-0.39, 0.29) is 40.0 Å². The van der Waals surface area contributed by atoms with E-state index in [1.165, 1.54) is 19.1 Å². The Labute approximate surface area is 107 Å². The Hall–Kier alpha value is -2.63. The molecule has 19 heavy (non-hydrogen) atoms. The molecule has 0 radical (unpaired) electrons. The van der Waals surface area contributed by atoms with Gasteiger partial charge in [-0.15, -0.1) is 0 Å². The molecule has 3 N–H and O–H groups in total. The number of carbonyl (C=O) groups is 2. The fourth-order valence-corrected chi connectivity index (χ4v) is 1.91. The van der Waals surface area contributed by atoms with Crippen molar-refractivity contribution in [1.82, 2.24) is 0 Å². The van der Waals surface area contributed by atoms with Crippen LogP contribution in [0.1, 0.15) is 21.7 Å². The van der Waals surface area contributed by atoms with Crippen molar-refractivity contribution in [3.8, 4) is 5.75 Å². The van der Waals surface area contributed by atoms with Crippen LogP contribution in [-0.4, -0.2) is 17.3 Å². The van der Waals surface area contributed by atoms with E-state index in [2.05, 4.69) is 0 Å². The van der Waals surface area contributed by atoms with Crippen LogP contribution in [0.15, 0.2) is 21.3 Å². The van der Waals surface area contributed by atoms with Gasteiger partial charge in [-0.3, -0.25) is 14.4 Å². The second-order valence-corrected chi connectivity index (χ2v) is 4.10. The third kappa shape index (κ3) is 2.08. The Bertz CT molecular complexity index is 745. The molecule has 0 bridgehead atoms. The maximum atomic E-state index is 12.2. The number of phenolic OH excluding ortho intramolecular Hbond substituents is 1. The first-order chi connectivity index (χ1) is 8.95. The number of rotatable bonds is 3. The van der Waals surface area contributed by atoms with Crippen molar-refractivity contribution in [3.63, 3.8) is 0 Å². The number of aryl methyl sites for hydroxylation is 1. The van der Waals surface area contributed by atoms with Crippen LogP contribution in [0.25, 0.3) is 11.0 Å². The number of amides is 1. The molecule has 0 aliphatic carbocycles. The minimum absolute atomic E-state index is 0.00530. The lowest BCUT2D eigenvalue weighted by atomic mass is 10.0. The number of fused-ring (bicyclic) bond motifs is 1. The zero-order valence-corrected chi connectivity index (χ0v) is 10.1. The molecular weight excluding hydrogens is 250 g/mol. The van der Waals surface area contributed by atoms with Crippen molar-refractivity contribution >= 4 is 23.2 Å². The van der Waals surface area contributed by atoms with E-state index in [1.54, 1.807) is 0 Å². The van der Waals surface area contributed by atoms with Crippen molar-refractivity contribution in [2.45, 2.75) is 13.3 Å². The van der Waals surface area contributed by atoms with Gasteiger partial charge in [0.2, 0.25) is 5.91 Å². The number of hydrogen-bond donors (Lipinski definition) is 2. The van der Waals surface area contributed by atoms with Crippen LogP contribution in [0.4, 0.5) is 0 Å². The maximum Gasteiger partial charge on any atom is 0.222 e. The van der Waals surface area contributed by atoms with Gasteiger partial charge >= 0.3 is 0 Å². The highest BCUT2D eigenvalue weighted by Crippen LogP contribution is 2.25. The summed E-state index contributed by atoms with van der Waals surface area (Å²) in [5.74, 6) is -0.721. The second-order valence-electron chi connectivity index (χ2n) is 4.10. The van der Waals surface area contributed by atoms with Crippen LogP contribution >= 0.6 is 0 Å². The Kier molecular flexibility index (Phi) is 3.08. The highest BCUT2D eigenvalue weighted by atomic mass is 16.3. The smallest absolute Gasteiger partial charge is 0.222 e. The summed E-state index contributed by atoms with van der Waals surface area (Å²) in [6, 6.07) is 2.57. The SMILES string of the molecule is Cc1oc2c(C=O)c(O)ccc2c(=O)c1CC(N)=O. The number of hydrogen-bond acceptors (Lipinski definition) is 5. The molecule has 0 aliphatic heterocycles. The van der Waals surface area contributed by atoms with Gasteiger partial charge in [0.1, 0.15) is 11.5 Å². The van der Waals surface area contributed by atoms with Crippen molar-refractivity contribution in [3.05, 3.63) is 39.2 Å². The molecule has 1 aromatic carbocycles. The van der Waals surface area contributed by atoms with E-state index in [0.29, 0.717) is 6.29 Å². The van der Waals surface area contributed by atoms with E-state index < -0.39 is 11.3 Å². The van der Waals surface area contributed by atoms with Gasteiger partial charge < -0.3 is 15.3 Å². The molecule has 0 saturated carbocycles. The molecule has 0 unspecified atom stereocenters. The van der Waals surface area contributed by atoms with Gasteiger partial charge in [-0.1, -0.05) is 0 Å².